The predicted molar refractivity (Wildman–Crippen MR) is 84.4 cm³/mol. The van der Waals surface area contributed by atoms with Gasteiger partial charge in [-0.05, 0) is 32.1 Å². The smallest absolute Gasteiger partial charge is 0.211 e. The van der Waals surface area contributed by atoms with E-state index in [-0.39, 0.29) is 13.0 Å². The normalized spacial score (nSPS) is 18.3. The van der Waals surface area contributed by atoms with Gasteiger partial charge in [-0.1, -0.05) is 25.7 Å². The van der Waals surface area contributed by atoms with Crippen LogP contribution in [0.25, 0.3) is 0 Å². The van der Waals surface area contributed by atoms with E-state index >= 15 is 0 Å². The summed E-state index contributed by atoms with van der Waals surface area (Å²) >= 11 is 0. The molecular weight excluding hydrogens is 312 g/mol. The fourth-order valence-corrected chi connectivity index (χ4v) is 3.34. The zero-order chi connectivity index (χ0) is 17.7. The summed E-state index contributed by atoms with van der Waals surface area (Å²) in [4.78, 5) is 58.2. The second-order valence-electron chi connectivity index (χ2n) is 5.80. The molecule has 0 amide bonds. The van der Waals surface area contributed by atoms with Crippen LogP contribution in [0.5, 0.6) is 0 Å². The Morgan fingerprint density at radius 2 is 1.42 bits per heavy atom. The summed E-state index contributed by atoms with van der Waals surface area (Å²) in [5, 5.41) is 0. The average molecular weight is 332 g/mol. The molecule has 0 heterocycles. The summed E-state index contributed by atoms with van der Waals surface area (Å²) in [7, 11) is 0. The highest BCUT2D eigenvalue weighted by atomic mass is 16.1. The molecule has 8 heteroatoms. The Balaban J connectivity index is 3.24. The quantitative estimate of drug-likeness (QED) is 0.278. The van der Waals surface area contributed by atoms with Crippen LogP contribution in [0.4, 0.5) is 0 Å². The Bertz CT molecular complexity index is 582. The standard InChI is InChI=1S/C16H20N4O4/c21-11-17-10-6-5-9-16(19-13-23,20-14-24)15(18-12-22)7-3-1-2-4-8-15/h1-10H2. The summed E-state index contributed by atoms with van der Waals surface area (Å²) in [6.07, 6.45) is 11.6. The lowest BCUT2D eigenvalue weighted by atomic mass is 9.76. The van der Waals surface area contributed by atoms with E-state index in [1.165, 1.54) is 18.2 Å². The summed E-state index contributed by atoms with van der Waals surface area (Å²) in [6.45, 7) is 0.277. The van der Waals surface area contributed by atoms with E-state index in [9.17, 15) is 19.2 Å². The van der Waals surface area contributed by atoms with Gasteiger partial charge in [-0.2, -0.15) is 15.0 Å². The Kier molecular flexibility index (Phi) is 8.42. The van der Waals surface area contributed by atoms with E-state index in [0.717, 1.165) is 25.7 Å². The van der Waals surface area contributed by atoms with Crippen LogP contribution in [0.2, 0.25) is 0 Å². The highest BCUT2D eigenvalue weighted by Gasteiger charge is 2.52. The molecule has 0 radical (unpaired) electrons. The molecule has 1 fully saturated rings. The Labute approximate surface area is 139 Å². The third kappa shape index (κ3) is 4.76. The maximum absolute atomic E-state index is 11.0. The maximum atomic E-state index is 11.0. The lowest BCUT2D eigenvalue weighted by Crippen LogP contribution is -2.50. The molecule has 128 valence electrons. The van der Waals surface area contributed by atoms with Gasteiger partial charge in [0.15, 0.2) is 5.66 Å². The van der Waals surface area contributed by atoms with Gasteiger partial charge in [-0.3, -0.25) is 0 Å². The summed E-state index contributed by atoms with van der Waals surface area (Å²) in [5.41, 5.74) is -2.60. The van der Waals surface area contributed by atoms with Gasteiger partial charge in [0.2, 0.25) is 24.3 Å². The predicted octanol–water partition coefficient (Wildman–Crippen LogP) is 2.29. The zero-order valence-electron chi connectivity index (χ0n) is 13.5. The van der Waals surface area contributed by atoms with Crippen molar-refractivity contribution in [3.8, 4) is 0 Å². The van der Waals surface area contributed by atoms with E-state index in [0.29, 0.717) is 25.7 Å². The van der Waals surface area contributed by atoms with Gasteiger partial charge in [-0.15, -0.1) is 0 Å². The molecule has 0 unspecified atom stereocenters. The zero-order valence-corrected chi connectivity index (χ0v) is 13.5. The molecule has 0 aromatic rings. The highest BCUT2D eigenvalue weighted by molar-refractivity contribution is 5.43. The van der Waals surface area contributed by atoms with Crippen LogP contribution >= 0.6 is 0 Å². The number of hydrogen-bond acceptors (Lipinski definition) is 8. The van der Waals surface area contributed by atoms with E-state index in [2.05, 4.69) is 20.0 Å². The number of aliphatic imine (C=N–C) groups is 4. The minimum Gasteiger partial charge on any atom is -0.211 e. The molecule has 0 spiro atoms. The Morgan fingerprint density at radius 1 is 0.792 bits per heavy atom. The van der Waals surface area contributed by atoms with Crippen molar-refractivity contribution in [2.24, 2.45) is 20.0 Å². The number of nitrogens with zero attached hydrogens (tertiary/aromatic N) is 4. The van der Waals surface area contributed by atoms with Crippen molar-refractivity contribution in [1.82, 2.24) is 0 Å². The molecule has 24 heavy (non-hydrogen) atoms. The molecule has 0 aromatic carbocycles. The first-order valence-corrected chi connectivity index (χ1v) is 8.01. The first-order valence-electron chi connectivity index (χ1n) is 8.01. The van der Waals surface area contributed by atoms with Crippen LogP contribution < -0.4 is 0 Å². The van der Waals surface area contributed by atoms with Crippen LogP contribution in [-0.2, 0) is 19.2 Å². The van der Waals surface area contributed by atoms with Crippen molar-refractivity contribution in [3.63, 3.8) is 0 Å². The summed E-state index contributed by atoms with van der Waals surface area (Å²) < 4.78 is 0. The number of rotatable bonds is 9. The molecule has 0 aromatic heterocycles. The summed E-state index contributed by atoms with van der Waals surface area (Å²) in [5.74, 6) is 0. The highest BCUT2D eigenvalue weighted by Crippen LogP contribution is 2.44. The molecule has 8 nitrogen and oxygen atoms in total. The second-order valence-corrected chi connectivity index (χ2v) is 5.80. The molecule has 1 rings (SSSR count). The van der Waals surface area contributed by atoms with Crippen LogP contribution in [0.1, 0.15) is 57.8 Å². The maximum Gasteiger partial charge on any atom is 0.237 e. The first kappa shape index (κ1) is 19.6. The average Bonchev–Trinajstić information content (AvgIpc) is 2.82. The molecular formula is C16H20N4O4. The minimum atomic E-state index is -1.51. The molecule has 0 aliphatic heterocycles. The van der Waals surface area contributed by atoms with Gasteiger partial charge in [0.1, 0.15) is 5.54 Å². The van der Waals surface area contributed by atoms with Gasteiger partial charge in [0, 0.05) is 0 Å². The monoisotopic (exact) mass is 332 g/mol. The van der Waals surface area contributed by atoms with Crippen molar-refractivity contribution in [1.29, 1.82) is 0 Å². The van der Waals surface area contributed by atoms with Crippen molar-refractivity contribution >= 4 is 24.3 Å². The van der Waals surface area contributed by atoms with E-state index in [4.69, 9.17) is 0 Å². The van der Waals surface area contributed by atoms with Gasteiger partial charge >= 0.3 is 0 Å². The third-order valence-corrected chi connectivity index (χ3v) is 4.51. The Hall–Kier alpha value is -2.48. The van der Waals surface area contributed by atoms with E-state index in [1.807, 2.05) is 0 Å². The van der Waals surface area contributed by atoms with Crippen molar-refractivity contribution in [2.75, 3.05) is 6.54 Å². The largest absolute Gasteiger partial charge is 0.237 e. The van der Waals surface area contributed by atoms with Gasteiger partial charge in [0.05, 0.1) is 6.54 Å². The number of hydrogen-bond donors (Lipinski definition) is 0. The molecule has 1 aliphatic rings. The minimum absolute atomic E-state index is 0.205. The van der Waals surface area contributed by atoms with Gasteiger partial charge in [0.25, 0.3) is 0 Å². The molecule has 0 saturated heterocycles. The molecule has 0 atom stereocenters. The van der Waals surface area contributed by atoms with Gasteiger partial charge < -0.3 is 0 Å². The summed E-state index contributed by atoms with van der Waals surface area (Å²) in [6, 6.07) is 0. The van der Waals surface area contributed by atoms with Crippen molar-refractivity contribution in [3.05, 3.63) is 0 Å². The Morgan fingerprint density at radius 3 is 1.92 bits per heavy atom. The van der Waals surface area contributed by atoms with Crippen LogP contribution in [-0.4, -0.2) is 42.1 Å². The van der Waals surface area contributed by atoms with Crippen LogP contribution in [0, 0.1) is 0 Å². The van der Waals surface area contributed by atoms with Crippen LogP contribution in [0.15, 0.2) is 20.0 Å². The first-order chi connectivity index (χ1) is 11.7. The number of carbonyl (C=O) groups excluding carboxylic acids is 4. The SMILES string of the molecule is O=C=NCCCCC(N=C=O)(N=C=O)C1(N=C=O)CCCCCC1. The molecule has 1 saturated carbocycles. The van der Waals surface area contributed by atoms with E-state index < -0.39 is 11.2 Å². The van der Waals surface area contributed by atoms with Gasteiger partial charge in [-0.25, -0.2) is 24.2 Å². The topological polar surface area (TPSA) is 118 Å². The molecule has 0 N–H and O–H groups in total. The molecule has 0 bridgehead atoms. The fourth-order valence-electron chi connectivity index (χ4n) is 3.34. The third-order valence-electron chi connectivity index (χ3n) is 4.51. The number of isocyanates is 4. The second kappa shape index (κ2) is 10.3. The van der Waals surface area contributed by atoms with Crippen LogP contribution in [0.3, 0.4) is 0 Å². The molecule has 1 aliphatic carbocycles. The number of unbranched alkanes of at least 4 members (excludes halogenated alkanes) is 1. The lowest BCUT2D eigenvalue weighted by Gasteiger charge is -2.39. The van der Waals surface area contributed by atoms with Crippen molar-refractivity contribution in [2.45, 2.75) is 69.0 Å². The fraction of sp³-hybridized carbons (Fsp3) is 0.750. The lowest BCUT2D eigenvalue weighted by molar-refractivity contribution is 0.187. The van der Waals surface area contributed by atoms with E-state index in [1.54, 1.807) is 6.08 Å². The van der Waals surface area contributed by atoms with Crippen molar-refractivity contribution < 1.29 is 19.2 Å².